The van der Waals surface area contributed by atoms with E-state index in [0.29, 0.717) is 50.3 Å². The summed E-state index contributed by atoms with van der Waals surface area (Å²) in [7, 11) is 0. The van der Waals surface area contributed by atoms with Crippen LogP contribution in [-0.2, 0) is 17.1 Å². The van der Waals surface area contributed by atoms with Gasteiger partial charge in [0.25, 0.3) is 0 Å². The van der Waals surface area contributed by atoms with Crippen molar-refractivity contribution in [3.05, 3.63) is 106 Å². The Labute approximate surface area is 217 Å². The minimum absolute atomic E-state index is 0.206. The first-order chi connectivity index (χ1) is 18.0. The van der Waals surface area contributed by atoms with Crippen LogP contribution in [0.1, 0.15) is 28.3 Å². The van der Waals surface area contributed by atoms with Crippen LogP contribution in [0.5, 0.6) is 0 Å². The van der Waals surface area contributed by atoms with Crippen molar-refractivity contribution >= 4 is 46.5 Å². The molecule has 5 N–H and O–H groups in total. The van der Waals surface area contributed by atoms with E-state index in [1.54, 1.807) is 41.6 Å². The quantitative estimate of drug-likeness (QED) is 0.250. The largest absolute Gasteiger partial charge is 0.363 e. The Balaban J connectivity index is 1.52. The van der Waals surface area contributed by atoms with E-state index < -0.39 is 11.8 Å². The maximum atomic E-state index is 12.6. The van der Waals surface area contributed by atoms with Gasteiger partial charge in [-0.15, -0.1) is 0 Å². The molecule has 2 unspecified atom stereocenters. The Morgan fingerprint density at radius 1 is 1.11 bits per heavy atom. The third kappa shape index (κ3) is 3.72. The van der Waals surface area contributed by atoms with E-state index in [9.17, 15) is 9.90 Å². The number of rotatable bonds is 6. The first-order valence-corrected chi connectivity index (χ1v) is 12.0. The van der Waals surface area contributed by atoms with Crippen LogP contribution >= 0.6 is 11.6 Å². The molecule has 0 radical (unpaired) electrons. The molecule has 6 rings (SSSR count). The minimum Gasteiger partial charge on any atom is -0.363 e. The summed E-state index contributed by atoms with van der Waals surface area (Å²) in [5.74, 6) is 0.862. The molecule has 0 fully saturated rings. The third-order valence-electron chi connectivity index (χ3n) is 6.62. The number of nitrogens with two attached hydrogens (primary N) is 1. The molecule has 0 saturated carbocycles. The van der Waals surface area contributed by atoms with Gasteiger partial charge in [-0.2, -0.15) is 0 Å². The maximum Gasteiger partial charge on any atom is 0.229 e. The normalized spacial score (nSPS) is 18.7. The van der Waals surface area contributed by atoms with E-state index in [0.717, 1.165) is 11.8 Å². The predicted molar refractivity (Wildman–Crippen MR) is 141 cm³/mol. The lowest BCUT2D eigenvalue weighted by molar-refractivity contribution is -0.109. The van der Waals surface area contributed by atoms with Crippen molar-refractivity contribution in [3.63, 3.8) is 0 Å². The van der Waals surface area contributed by atoms with Gasteiger partial charge in [0.2, 0.25) is 11.9 Å². The average molecular weight is 512 g/mol. The molecule has 0 aliphatic carbocycles. The molecule has 37 heavy (non-hydrogen) atoms. The van der Waals surface area contributed by atoms with E-state index in [2.05, 4.69) is 25.3 Å². The Morgan fingerprint density at radius 3 is 2.70 bits per heavy atom. The Hall–Kier alpha value is -4.31. The lowest BCUT2D eigenvalue weighted by atomic mass is 9.92. The van der Waals surface area contributed by atoms with Gasteiger partial charge >= 0.3 is 0 Å². The second-order valence-electron chi connectivity index (χ2n) is 8.70. The number of hydrogen-bond acceptors (Lipinski definition) is 8. The topological polar surface area (TPSA) is 133 Å². The van der Waals surface area contributed by atoms with Crippen molar-refractivity contribution in [2.75, 3.05) is 10.2 Å². The predicted octanol–water partition coefficient (Wildman–Crippen LogP) is 4.16. The zero-order valence-corrected chi connectivity index (χ0v) is 20.2. The molecule has 3 aromatic carbocycles. The SMILES string of the molecule is NCc1ccc(Cl)cc1N1C(C=O)c2ccccc2C1(O)c1ccc2nc(Nc3ncccn3)[nH]c2c1. The summed E-state index contributed by atoms with van der Waals surface area (Å²) in [6.45, 7) is 0.206. The number of halogens is 1. The second kappa shape index (κ2) is 8.97. The Morgan fingerprint density at radius 2 is 1.92 bits per heavy atom. The van der Waals surface area contributed by atoms with Gasteiger partial charge in [-0.05, 0) is 41.5 Å². The molecule has 10 heteroatoms. The number of H-pyrrole nitrogens is 1. The second-order valence-corrected chi connectivity index (χ2v) is 9.14. The maximum absolute atomic E-state index is 12.6. The van der Waals surface area contributed by atoms with Crippen molar-refractivity contribution in [3.8, 4) is 0 Å². The molecule has 2 atom stereocenters. The molecule has 0 spiro atoms. The number of imidazole rings is 1. The fraction of sp³-hybridized carbons (Fsp3) is 0.111. The van der Waals surface area contributed by atoms with Gasteiger partial charge in [0.05, 0.1) is 11.0 Å². The van der Waals surface area contributed by atoms with Gasteiger partial charge in [-0.3, -0.25) is 5.32 Å². The van der Waals surface area contributed by atoms with Crippen molar-refractivity contribution in [2.45, 2.75) is 18.3 Å². The first kappa shape index (κ1) is 23.1. The molecule has 1 aliphatic heterocycles. The average Bonchev–Trinajstić information content (AvgIpc) is 3.44. The number of carbonyl (C=O) groups excluding carboxylic acids is 1. The number of aliphatic hydroxyl groups is 1. The van der Waals surface area contributed by atoms with Crippen molar-refractivity contribution < 1.29 is 9.90 Å². The number of aldehydes is 1. The number of nitrogens with zero attached hydrogens (tertiary/aromatic N) is 4. The fourth-order valence-corrected chi connectivity index (χ4v) is 5.15. The lowest BCUT2D eigenvalue weighted by Gasteiger charge is -2.39. The van der Waals surface area contributed by atoms with Crippen LogP contribution in [0.2, 0.25) is 5.02 Å². The molecule has 2 aromatic heterocycles. The van der Waals surface area contributed by atoms with E-state index in [1.807, 2.05) is 42.5 Å². The summed E-state index contributed by atoms with van der Waals surface area (Å²) in [4.78, 5) is 30.3. The molecule has 9 nitrogen and oxygen atoms in total. The lowest BCUT2D eigenvalue weighted by Crippen LogP contribution is -2.45. The Bertz CT molecular complexity index is 1620. The highest BCUT2D eigenvalue weighted by Gasteiger charge is 2.51. The Kier molecular flexibility index (Phi) is 5.60. The highest BCUT2D eigenvalue weighted by atomic mass is 35.5. The molecule has 3 heterocycles. The van der Waals surface area contributed by atoms with Gasteiger partial charge in [0.1, 0.15) is 12.3 Å². The number of aromatic nitrogens is 4. The summed E-state index contributed by atoms with van der Waals surface area (Å²) in [6.07, 6.45) is 4.09. The molecular formula is C27H22ClN7O2. The number of nitrogens with one attached hydrogen (secondary N) is 2. The van der Waals surface area contributed by atoms with Crippen LogP contribution in [0.3, 0.4) is 0 Å². The molecule has 0 bridgehead atoms. The first-order valence-electron chi connectivity index (χ1n) is 11.6. The van der Waals surface area contributed by atoms with Crippen molar-refractivity contribution in [1.82, 2.24) is 19.9 Å². The van der Waals surface area contributed by atoms with Gasteiger partial charge in [-0.25, -0.2) is 15.0 Å². The number of fused-ring (bicyclic) bond motifs is 2. The highest BCUT2D eigenvalue weighted by Crippen LogP contribution is 2.51. The number of hydrogen-bond donors (Lipinski definition) is 4. The molecular weight excluding hydrogens is 490 g/mol. The monoisotopic (exact) mass is 511 g/mol. The summed E-state index contributed by atoms with van der Waals surface area (Å²) in [5.41, 5.74) is 8.92. The van der Waals surface area contributed by atoms with Crippen molar-refractivity contribution in [2.24, 2.45) is 5.73 Å². The summed E-state index contributed by atoms with van der Waals surface area (Å²) in [5, 5.41) is 16.1. The summed E-state index contributed by atoms with van der Waals surface area (Å²) in [6, 6.07) is 19.1. The number of benzene rings is 3. The van der Waals surface area contributed by atoms with Crippen LogP contribution in [0, 0.1) is 0 Å². The number of anilines is 3. The summed E-state index contributed by atoms with van der Waals surface area (Å²) < 4.78 is 0. The third-order valence-corrected chi connectivity index (χ3v) is 6.85. The molecule has 0 saturated heterocycles. The van der Waals surface area contributed by atoms with Crippen LogP contribution in [0.4, 0.5) is 17.6 Å². The molecule has 1 aliphatic rings. The molecule has 5 aromatic rings. The van der Waals surface area contributed by atoms with E-state index in [4.69, 9.17) is 17.3 Å². The van der Waals surface area contributed by atoms with Crippen LogP contribution in [-0.4, -0.2) is 31.3 Å². The zero-order chi connectivity index (χ0) is 25.6. The fourth-order valence-electron chi connectivity index (χ4n) is 4.98. The number of carbonyl (C=O) groups is 1. The molecule has 0 amide bonds. The van der Waals surface area contributed by atoms with Crippen LogP contribution in [0.25, 0.3) is 11.0 Å². The van der Waals surface area contributed by atoms with E-state index in [-0.39, 0.29) is 6.54 Å². The number of aromatic amines is 1. The van der Waals surface area contributed by atoms with Crippen LogP contribution in [0.15, 0.2) is 79.1 Å². The van der Waals surface area contributed by atoms with E-state index in [1.165, 1.54) is 0 Å². The van der Waals surface area contributed by atoms with Crippen molar-refractivity contribution in [1.29, 1.82) is 0 Å². The summed E-state index contributed by atoms with van der Waals surface area (Å²) >= 11 is 6.37. The zero-order valence-electron chi connectivity index (χ0n) is 19.5. The van der Waals surface area contributed by atoms with Gasteiger partial charge in [-0.1, -0.05) is 48.0 Å². The van der Waals surface area contributed by atoms with Gasteiger partial charge in [0, 0.05) is 40.8 Å². The smallest absolute Gasteiger partial charge is 0.229 e. The van der Waals surface area contributed by atoms with Gasteiger partial charge in [0.15, 0.2) is 5.72 Å². The van der Waals surface area contributed by atoms with Crippen LogP contribution < -0.4 is 16.0 Å². The van der Waals surface area contributed by atoms with Gasteiger partial charge < -0.3 is 25.5 Å². The standard InChI is InChI=1S/C27H22ClN7O2/c28-18-8-6-16(14-29)23(13-18)35-24(15-36)19-4-1-2-5-20(19)27(35,37)17-7-9-21-22(12-17)33-26(32-21)34-25-30-10-3-11-31-25/h1-13,15,24,37H,14,29H2,(H2,30,31,32,33,34). The molecule has 184 valence electrons. The minimum atomic E-state index is -1.69. The highest BCUT2D eigenvalue weighted by molar-refractivity contribution is 6.30. The van der Waals surface area contributed by atoms with E-state index >= 15 is 0 Å².